The Morgan fingerprint density at radius 1 is 0.723 bits per heavy atom. The van der Waals surface area contributed by atoms with Gasteiger partial charge in [0.2, 0.25) is 0 Å². The molecule has 2 aromatic carbocycles. The molecule has 0 bridgehead atoms. The second-order valence-corrected chi connectivity index (χ2v) is 13.1. The standard InChI is InChI=1S/C33H33FO11S2/c1-39-22-12-25-18(10-27(46-25)20(35)5-7-29(37)41-3)9-23(22)44-16-33(14-43-15-33)17-45-32-24(40-2)13-26-19(31(32)34)11-28(47-26)21(36)6-8-30(38)42-4/h9-13H,5-8,14-17H2,1-4H3. The van der Waals surface area contributed by atoms with Crippen molar-refractivity contribution in [1.82, 2.24) is 0 Å². The number of carbonyl (C=O) groups excluding carboxylic acids is 4. The zero-order valence-corrected chi connectivity index (χ0v) is 27.9. The van der Waals surface area contributed by atoms with Crippen LogP contribution in [0.25, 0.3) is 20.2 Å². The van der Waals surface area contributed by atoms with Crippen molar-refractivity contribution in [3.05, 3.63) is 45.9 Å². The van der Waals surface area contributed by atoms with Gasteiger partial charge < -0.3 is 33.2 Å². The summed E-state index contributed by atoms with van der Waals surface area (Å²) in [4.78, 5) is 49.0. The number of ether oxygens (including phenoxy) is 7. The number of fused-ring (bicyclic) bond motifs is 2. The van der Waals surface area contributed by atoms with Gasteiger partial charge in [-0.3, -0.25) is 19.2 Å². The van der Waals surface area contributed by atoms with E-state index in [1.807, 2.05) is 0 Å². The molecule has 11 nitrogen and oxygen atoms in total. The first-order chi connectivity index (χ1) is 22.6. The number of benzene rings is 2. The van der Waals surface area contributed by atoms with Gasteiger partial charge in [0.15, 0.2) is 40.4 Å². The average molecular weight is 689 g/mol. The third kappa shape index (κ3) is 7.50. The summed E-state index contributed by atoms with van der Waals surface area (Å²) in [6, 6.07) is 8.40. The Bertz CT molecular complexity index is 1820. The van der Waals surface area contributed by atoms with Crippen LogP contribution in [-0.4, -0.2) is 78.4 Å². The zero-order valence-electron chi connectivity index (χ0n) is 26.2. The second kappa shape index (κ2) is 14.7. The lowest BCUT2D eigenvalue weighted by Gasteiger charge is -2.40. The van der Waals surface area contributed by atoms with Gasteiger partial charge in [0.25, 0.3) is 0 Å². The van der Waals surface area contributed by atoms with Crippen LogP contribution < -0.4 is 18.9 Å². The molecule has 0 aliphatic carbocycles. The summed E-state index contributed by atoms with van der Waals surface area (Å²) in [7, 11) is 5.45. The SMILES string of the molecule is COC(=O)CCC(=O)c1cc2cc(OCC3(COc4c(OC)cc5sc(C(=O)CCC(=O)OC)cc5c4F)COC3)c(OC)cc2s1. The van der Waals surface area contributed by atoms with Crippen LogP contribution in [0.1, 0.15) is 45.0 Å². The fourth-order valence-corrected chi connectivity index (χ4v) is 7.01. The maximum Gasteiger partial charge on any atom is 0.305 e. The minimum atomic E-state index is -0.666. The number of methoxy groups -OCH3 is 4. The first-order valence-electron chi connectivity index (χ1n) is 14.5. The number of rotatable bonds is 16. The van der Waals surface area contributed by atoms with E-state index in [1.165, 1.54) is 45.8 Å². The Labute approximate surface area is 277 Å². The van der Waals surface area contributed by atoms with Crippen molar-refractivity contribution in [2.45, 2.75) is 25.7 Å². The van der Waals surface area contributed by atoms with Crippen molar-refractivity contribution in [2.24, 2.45) is 5.41 Å². The molecule has 0 saturated carbocycles. The lowest BCUT2D eigenvalue weighted by molar-refractivity contribution is -0.149. The molecule has 5 rings (SSSR count). The minimum Gasteiger partial charge on any atom is -0.493 e. The van der Waals surface area contributed by atoms with Crippen molar-refractivity contribution in [2.75, 3.05) is 54.9 Å². The molecular formula is C33H33FO11S2. The maximum absolute atomic E-state index is 15.8. The summed E-state index contributed by atoms with van der Waals surface area (Å²) in [6.45, 7) is 0.812. The molecule has 0 amide bonds. The van der Waals surface area contributed by atoms with E-state index in [0.717, 1.165) is 21.4 Å². The quantitative estimate of drug-likeness (QED) is 0.101. The first kappa shape index (κ1) is 34.1. The van der Waals surface area contributed by atoms with Crippen LogP contribution in [0.4, 0.5) is 4.39 Å². The Balaban J connectivity index is 1.30. The molecule has 0 radical (unpaired) electrons. The van der Waals surface area contributed by atoms with Crippen molar-refractivity contribution >= 4 is 66.4 Å². The lowest BCUT2D eigenvalue weighted by Crippen LogP contribution is -2.51. The fraction of sp³-hybridized carbons (Fsp3) is 0.394. The molecule has 250 valence electrons. The van der Waals surface area contributed by atoms with Crippen LogP contribution in [0, 0.1) is 11.2 Å². The molecule has 3 heterocycles. The average Bonchev–Trinajstić information content (AvgIpc) is 3.69. The van der Waals surface area contributed by atoms with E-state index in [-0.39, 0.29) is 67.3 Å². The molecule has 1 fully saturated rings. The first-order valence-corrected chi connectivity index (χ1v) is 16.2. The molecule has 0 atom stereocenters. The highest BCUT2D eigenvalue weighted by atomic mass is 32.1. The van der Waals surface area contributed by atoms with Crippen molar-refractivity contribution in [3.8, 4) is 23.0 Å². The summed E-state index contributed by atoms with van der Waals surface area (Å²) in [5, 5.41) is 0.987. The zero-order chi connectivity index (χ0) is 33.7. The number of hydrogen-bond donors (Lipinski definition) is 0. The van der Waals surface area contributed by atoms with E-state index in [9.17, 15) is 19.2 Å². The predicted octanol–water partition coefficient (Wildman–Crippen LogP) is 6.02. The van der Waals surface area contributed by atoms with Gasteiger partial charge >= 0.3 is 11.9 Å². The molecular weight excluding hydrogens is 655 g/mol. The maximum atomic E-state index is 15.8. The summed E-state index contributed by atoms with van der Waals surface area (Å²) in [5.41, 5.74) is -0.611. The van der Waals surface area contributed by atoms with Crippen LogP contribution in [0.3, 0.4) is 0 Å². The van der Waals surface area contributed by atoms with E-state index in [4.69, 9.17) is 23.7 Å². The van der Waals surface area contributed by atoms with Crippen molar-refractivity contribution < 1.29 is 56.7 Å². The number of thiophene rings is 2. The van der Waals surface area contributed by atoms with Gasteiger partial charge in [-0.15, -0.1) is 22.7 Å². The number of halogens is 1. The van der Waals surface area contributed by atoms with Crippen LogP contribution >= 0.6 is 22.7 Å². The van der Waals surface area contributed by atoms with Crippen molar-refractivity contribution in [1.29, 1.82) is 0 Å². The van der Waals surface area contributed by atoms with E-state index in [1.54, 1.807) is 24.3 Å². The van der Waals surface area contributed by atoms with Gasteiger partial charge in [-0.2, -0.15) is 0 Å². The Morgan fingerprint density at radius 3 is 1.87 bits per heavy atom. The number of Topliss-reactive ketones (excluding diaryl/α,β-unsaturated/α-hetero) is 2. The van der Waals surface area contributed by atoms with Crippen LogP contribution in [0.5, 0.6) is 23.0 Å². The van der Waals surface area contributed by atoms with E-state index < -0.39 is 23.2 Å². The molecule has 1 saturated heterocycles. The lowest BCUT2D eigenvalue weighted by atomic mass is 9.88. The van der Waals surface area contributed by atoms with Crippen LogP contribution in [0.2, 0.25) is 0 Å². The fourth-order valence-electron chi connectivity index (χ4n) is 4.92. The Hall–Kier alpha value is -4.27. The monoisotopic (exact) mass is 688 g/mol. The molecule has 0 N–H and O–H groups in total. The number of hydrogen-bond acceptors (Lipinski definition) is 13. The predicted molar refractivity (Wildman–Crippen MR) is 172 cm³/mol. The molecule has 4 aromatic rings. The van der Waals surface area contributed by atoms with Gasteiger partial charge in [0, 0.05) is 39.8 Å². The molecule has 2 aromatic heterocycles. The number of ketones is 2. The van der Waals surface area contributed by atoms with Crippen LogP contribution in [-0.2, 0) is 23.8 Å². The molecule has 1 aliphatic rings. The summed E-state index contributed by atoms with van der Waals surface area (Å²) >= 11 is 2.41. The third-order valence-corrected chi connectivity index (χ3v) is 9.96. The molecule has 0 spiro atoms. The summed E-state index contributed by atoms with van der Waals surface area (Å²) in [5.74, 6) is -1.08. The smallest absolute Gasteiger partial charge is 0.305 e. The highest BCUT2D eigenvalue weighted by Crippen LogP contribution is 2.42. The van der Waals surface area contributed by atoms with E-state index in [2.05, 4.69) is 9.47 Å². The Kier molecular flexibility index (Phi) is 10.6. The van der Waals surface area contributed by atoms with E-state index in [0.29, 0.717) is 39.2 Å². The van der Waals surface area contributed by atoms with Gasteiger partial charge in [-0.1, -0.05) is 0 Å². The molecule has 1 aliphatic heterocycles. The highest BCUT2D eigenvalue weighted by Gasteiger charge is 2.41. The highest BCUT2D eigenvalue weighted by molar-refractivity contribution is 7.21. The molecule has 14 heteroatoms. The second-order valence-electron chi connectivity index (χ2n) is 11.0. The van der Waals surface area contributed by atoms with Gasteiger partial charge in [-0.25, -0.2) is 4.39 Å². The minimum absolute atomic E-state index is 0.00355. The molecule has 47 heavy (non-hydrogen) atoms. The summed E-state index contributed by atoms with van der Waals surface area (Å²) in [6.07, 6.45) is -0.0696. The van der Waals surface area contributed by atoms with Crippen molar-refractivity contribution in [3.63, 3.8) is 0 Å². The van der Waals surface area contributed by atoms with Gasteiger partial charge in [0.05, 0.1) is 69.7 Å². The third-order valence-electron chi connectivity index (χ3n) is 7.70. The Morgan fingerprint density at radius 2 is 1.30 bits per heavy atom. The van der Waals surface area contributed by atoms with Gasteiger partial charge in [-0.05, 0) is 23.6 Å². The van der Waals surface area contributed by atoms with E-state index >= 15 is 4.39 Å². The normalized spacial score (nSPS) is 13.6. The number of esters is 2. The number of carbonyl (C=O) groups is 4. The van der Waals surface area contributed by atoms with Gasteiger partial charge in [0.1, 0.15) is 13.2 Å². The molecule has 0 unspecified atom stereocenters. The van der Waals surface area contributed by atoms with Crippen LogP contribution in [0.15, 0.2) is 30.3 Å². The largest absolute Gasteiger partial charge is 0.493 e. The topological polar surface area (TPSA) is 133 Å². The summed E-state index contributed by atoms with van der Waals surface area (Å²) < 4.78 is 55.1.